The summed E-state index contributed by atoms with van der Waals surface area (Å²) in [7, 11) is 0. The average molecular weight is 214 g/mol. The van der Waals surface area contributed by atoms with E-state index in [2.05, 4.69) is 34.6 Å². The molecule has 0 aromatic carbocycles. The lowest BCUT2D eigenvalue weighted by molar-refractivity contribution is 0.245. The van der Waals surface area contributed by atoms with Gasteiger partial charge >= 0.3 is 0 Å². The number of likely N-dealkylation sites (tertiary alicyclic amines) is 1. The molecule has 1 fully saturated rings. The van der Waals surface area contributed by atoms with E-state index in [1.54, 1.807) is 0 Å². The summed E-state index contributed by atoms with van der Waals surface area (Å²) in [5.41, 5.74) is 5.64. The molecule has 4 heteroatoms. The molecule has 4 nitrogen and oxygen atoms in total. The molecule has 1 atom stereocenters. The van der Waals surface area contributed by atoms with Gasteiger partial charge in [-0.1, -0.05) is 20.8 Å². The highest BCUT2D eigenvalue weighted by Gasteiger charge is 2.12. The van der Waals surface area contributed by atoms with E-state index in [0.29, 0.717) is 0 Å². The summed E-state index contributed by atoms with van der Waals surface area (Å²) in [6.45, 7) is 12.9. The van der Waals surface area contributed by atoms with Crippen molar-refractivity contribution in [2.75, 3.05) is 19.8 Å². The minimum Gasteiger partial charge on any atom is -0.289 e. The van der Waals surface area contributed by atoms with Crippen molar-refractivity contribution in [3.8, 4) is 0 Å². The lowest BCUT2D eigenvalue weighted by Gasteiger charge is -2.19. The van der Waals surface area contributed by atoms with Crippen LogP contribution in [0.1, 0.15) is 40.0 Å². The lowest BCUT2D eigenvalue weighted by Crippen LogP contribution is -2.40. The number of hydrazine groups is 1. The van der Waals surface area contributed by atoms with E-state index in [1.807, 2.05) is 13.8 Å². The molecule has 0 saturated carbocycles. The van der Waals surface area contributed by atoms with Crippen molar-refractivity contribution in [1.82, 2.24) is 15.9 Å². The number of nitrogens with zero attached hydrogens (tertiary/aromatic N) is 2. The Bertz CT molecular complexity index is 150. The van der Waals surface area contributed by atoms with Gasteiger partial charge in [0.05, 0.1) is 6.67 Å². The van der Waals surface area contributed by atoms with Gasteiger partial charge in [0.2, 0.25) is 0 Å². The van der Waals surface area contributed by atoms with E-state index >= 15 is 0 Å². The van der Waals surface area contributed by atoms with Crippen LogP contribution in [-0.4, -0.2) is 31.4 Å². The van der Waals surface area contributed by atoms with Gasteiger partial charge in [0, 0.05) is 6.72 Å². The Hall–Kier alpha value is -0.610. The molecule has 0 aliphatic carbocycles. The minimum absolute atomic E-state index is 0.853. The second kappa shape index (κ2) is 9.93. The van der Waals surface area contributed by atoms with Crippen LogP contribution in [0.5, 0.6) is 0 Å². The maximum Gasteiger partial charge on any atom is 0.0679 e. The third kappa shape index (κ3) is 7.33. The van der Waals surface area contributed by atoms with Crippen LogP contribution in [-0.2, 0) is 0 Å². The van der Waals surface area contributed by atoms with E-state index in [-0.39, 0.29) is 0 Å². The van der Waals surface area contributed by atoms with Gasteiger partial charge in [0.25, 0.3) is 0 Å². The van der Waals surface area contributed by atoms with Crippen LogP contribution in [0, 0.1) is 5.92 Å². The predicted molar refractivity (Wildman–Crippen MR) is 66.6 cm³/mol. The fourth-order valence-electron chi connectivity index (χ4n) is 1.68. The monoisotopic (exact) mass is 214 g/mol. The Morgan fingerprint density at radius 1 is 1.33 bits per heavy atom. The number of hydrazone groups is 1. The van der Waals surface area contributed by atoms with E-state index in [0.717, 1.165) is 12.6 Å². The van der Waals surface area contributed by atoms with Crippen molar-refractivity contribution in [3.05, 3.63) is 0 Å². The van der Waals surface area contributed by atoms with Gasteiger partial charge in [-0.05, 0) is 38.3 Å². The zero-order valence-corrected chi connectivity index (χ0v) is 10.4. The quantitative estimate of drug-likeness (QED) is 0.426. The summed E-state index contributed by atoms with van der Waals surface area (Å²) in [6.07, 6.45) is 3.98. The van der Waals surface area contributed by atoms with Gasteiger partial charge < -0.3 is 0 Å². The summed E-state index contributed by atoms with van der Waals surface area (Å²) in [5.74, 6) is 0.885. The number of rotatable bonds is 4. The Morgan fingerprint density at radius 2 is 2.07 bits per heavy atom. The van der Waals surface area contributed by atoms with Crippen molar-refractivity contribution in [2.45, 2.75) is 40.0 Å². The van der Waals surface area contributed by atoms with E-state index in [4.69, 9.17) is 0 Å². The van der Waals surface area contributed by atoms with Crippen LogP contribution in [0.2, 0.25) is 0 Å². The van der Waals surface area contributed by atoms with Crippen LogP contribution < -0.4 is 11.0 Å². The molecule has 0 aromatic heterocycles. The van der Waals surface area contributed by atoms with Gasteiger partial charge in [-0.3, -0.25) is 4.90 Å². The predicted octanol–water partition coefficient (Wildman–Crippen LogP) is 1.80. The summed E-state index contributed by atoms with van der Waals surface area (Å²) in [4.78, 5) is 2.40. The van der Waals surface area contributed by atoms with Crippen LogP contribution in [0.25, 0.3) is 0 Å². The molecule has 1 aliphatic heterocycles. The molecule has 1 unspecified atom stereocenters. The first-order chi connectivity index (χ1) is 7.33. The standard InChI is InChI=1S/C9H20N4.C2H6/c1-9-4-3-6-13(7-5-9)8-11-12-10-2;1-2/h9,11-12H,2-8H2,1H3;1-2H3. The fourth-order valence-corrected chi connectivity index (χ4v) is 1.68. The Morgan fingerprint density at radius 3 is 2.73 bits per heavy atom. The van der Waals surface area contributed by atoms with Crippen molar-refractivity contribution in [1.29, 1.82) is 0 Å². The van der Waals surface area contributed by atoms with E-state index in [1.165, 1.54) is 32.4 Å². The molecule has 1 rings (SSSR count). The summed E-state index contributed by atoms with van der Waals surface area (Å²) in [5, 5.41) is 3.52. The number of nitrogens with one attached hydrogen (secondary N) is 2. The maximum atomic E-state index is 3.52. The third-order valence-electron chi connectivity index (χ3n) is 2.57. The molecule has 90 valence electrons. The van der Waals surface area contributed by atoms with Gasteiger partial charge in [0.15, 0.2) is 0 Å². The van der Waals surface area contributed by atoms with Crippen LogP contribution in [0.15, 0.2) is 5.10 Å². The summed E-state index contributed by atoms with van der Waals surface area (Å²) >= 11 is 0. The molecule has 15 heavy (non-hydrogen) atoms. The van der Waals surface area contributed by atoms with E-state index < -0.39 is 0 Å². The molecule has 1 saturated heterocycles. The molecule has 1 aliphatic rings. The van der Waals surface area contributed by atoms with Crippen molar-refractivity contribution in [2.24, 2.45) is 11.0 Å². The van der Waals surface area contributed by atoms with Crippen LogP contribution >= 0.6 is 0 Å². The highest BCUT2D eigenvalue weighted by atomic mass is 15.6. The SMILES string of the molecule is C=NNNCN1CCCC(C)CC1.CC. The number of hydrogen-bond donors (Lipinski definition) is 2. The highest BCUT2D eigenvalue weighted by molar-refractivity contribution is 5.22. The molecule has 1 heterocycles. The van der Waals surface area contributed by atoms with Gasteiger partial charge in [-0.2, -0.15) is 5.10 Å². The average Bonchev–Trinajstić information content (AvgIpc) is 2.47. The smallest absolute Gasteiger partial charge is 0.0679 e. The van der Waals surface area contributed by atoms with E-state index in [9.17, 15) is 0 Å². The van der Waals surface area contributed by atoms with Crippen molar-refractivity contribution >= 4 is 6.72 Å². The summed E-state index contributed by atoms with van der Waals surface area (Å²) < 4.78 is 0. The molecular weight excluding hydrogens is 188 g/mol. The Labute approximate surface area is 94.1 Å². The first-order valence-electron chi connectivity index (χ1n) is 5.99. The fraction of sp³-hybridized carbons (Fsp3) is 0.909. The first kappa shape index (κ1) is 14.4. The minimum atomic E-state index is 0.853. The normalized spacial score (nSPS) is 22.2. The zero-order chi connectivity index (χ0) is 11.5. The Kier molecular flexibility index (Phi) is 9.52. The second-order valence-electron chi connectivity index (χ2n) is 3.76. The summed E-state index contributed by atoms with van der Waals surface area (Å²) in [6, 6.07) is 0. The van der Waals surface area contributed by atoms with Gasteiger partial charge in [0.1, 0.15) is 0 Å². The molecule has 2 N–H and O–H groups in total. The second-order valence-corrected chi connectivity index (χ2v) is 3.76. The van der Waals surface area contributed by atoms with Crippen LogP contribution in [0.4, 0.5) is 0 Å². The van der Waals surface area contributed by atoms with Crippen molar-refractivity contribution in [3.63, 3.8) is 0 Å². The van der Waals surface area contributed by atoms with Crippen LogP contribution in [0.3, 0.4) is 0 Å². The lowest BCUT2D eigenvalue weighted by atomic mass is 10.0. The molecular formula is C11H26N4. The third-order valence-corrected chi connectivity index (χ3v) is 2.57. The van der Waals surface area contributed by atoms with Gasteiger partial charge in [-0.25, -0.2) is 11.0 Å². The zero-order valence-electron chi connectivity index (χ0n) is 10.4. The Balaban J connectivity index is 0.000000921. The molecule has 0 aromatic rings. The molecule has 0 bridgehead atoms. The largest absolute Gasteiger partial charge is 0.289 e. The maximum absolute atomic E-state index is 3.52. The first-order valence-corrected chi connectivity index (χ1v) is 5.99. The van der Waals surface area contributed by atoms with Crippen molar-refractivity contribution < 1.29 is 0 Å². The number of hydrogen-bond acceptors (Lipinski definition) is 4. The topological polar surface area (TPSA) is 39.7 Å². The molecule has 0 amide bonds. The van der Waals surface area contributed by atoms with Gasteiger partial charge in [-0.15, -0.1) is 0 Å². The molecule has 0 radical (unpaired) electrons. The highest BCUT2D eigenvalue weighted by Crippen LogP contribution is 2.15. The molecule has 0 spiro atoms.